The highest BCUT2D eigenvalue weighted by Gasteiger charge is 1.90. The van der Waals surface area contributed by atoms with E-state index in [0.29, 0.717) is 4.83 Å². The van der Waals surface area contributed by atoms with Gasteiger partial charge in [-0.3, -0.25) is 0 Å². The van der Waals surface area contributed by atoms with E-state index in [0.717, 1.165) is 5.75 Å². The molecule has 0 N–H and O–H groups in total. The summed E-state index contributed by atoms with van der Waals surface area (Å²) in [4.78, 5) is 0.412. The third-order valence-corrected chi connectivity index (χ3v) is 1.97. The summed E-state index contributed by atoms with van der Waals surface area (Å²) >= 11 is 3.45. The highest BCUT2D eigenvalue weighted by molar-refractivity contribution is 9.09. The zero-order valence-electron chi connectivity index (χ0n) is 7.83. The molecule has 13 heavy (non-hydrogen) atoms. The second-order valence-corrected chi connectivity index (χ2v) is 4.25. The lowest BCUT2D eigenvalue weighted by Gasteiger charge is -1.99. The Kier molecular flexibility index (Phi) is 4.03. The summed E-state index contributed by atoms with van der Waals surface area (Å²) in [6, 6.07) is 7.98. The SMILES string of the molecule is COc1ccc(/C=C/C(C)Br)cc1. The van der Waals surface area contributed by atoms with Gasteiger partial charge in [-0.05, 0) is 24.6 Å². The molecule has 0 bridgehead atoms. The number of methoxy groups -OCH3 is 1. The van der Waals surface area contributed by atoms with E-state index < -0.39 is 0 Å². The molecule has 0 aliphatic carbocycles. The Bertz CT molecular complexity index is 275. The van der Waals surface area contributed by atoms with Crippen LogP contribution in [0.3, 0.4) is 0 Å². The van der Waals surface area contributed by atoms with E-state index >= 15 is 0 Å². The molecule has 1 aromatic rings. The molecule has 1 rings (SSSR count). The topological polar surface area (TPSA) is 9.23 Å². The van der Waals surface area contributed by atoms with Gasteiger partial charge in [0.25, 0.3) is 0 Å². The first-order chi connectivity index (χ1) is 6.22. The van der Waals surface area contributed by atoms with Crippen LogP contribution in [0.5, 0.6) is 5.75 Å². The van der Waals surface area contributed by atoms with Crippen LogP contribution in [0.1, 0.15) is 12.5 Å². The molecule has 0 fully saturated rings. The summed E-state index contributed by atoms with van der Waals surface area (Å²) in [6.07, 6.45) is 4.18. The molecule has 1 atom stereocenters. The van der Waals surface area contributed by atoms with Crippen LogP contribution in [0.2, 0.25) is 0 Å². The van der Waals surface area contributed by atoms with E-state index in [1.54, 1.807) is 7.11 Å². The molecule has 1 unspecified atom stereocenters. The number of hydrogen-bond acceptors (Lipinski definition) is 1. The lowest BCUT2D eigenvalue weighted by molar-refractivity contribution is 0.415. The quantitative estimate of drug-likeness (QED) is 0.736. The Morgan fingerprint density at radius 2 is 1.92 bits per heavy atom. The van der Waals surface area contributed by atoms with E-state index in [9.17, 15) is 0 Å². The molecule has 0 aliphatic rings. The van der Waals surface area contributed by atoms with Crippen LogP contribution < -0.4 is 4.74 Å². The Morgan fingerprint density at radius 3 is 2.38 bits per heavy atom. The highest BCUT2D eigenvalue weighted by Crippen LogP contribution is 2.13. The van der Waals surface area contributed by atoms with Gasteiger partial charge >= 0.3 is 0 Å². The normalized spacial score (nSPS) is 13.2. The minimum absolute atomic E-state index is 0.412. The number of halogens is 1. The van der Waals surface area contributed by atoms with Gasteiger partial charge < -0.3 is 4.74 Å². The van der Waals surface area contributed by atoms with Crippen molar-refractivity contribution < 1.29 is 4.74 Å². The van der Waals surface area contributed by atoms with Crippen LogP contribution in [0.25, 0.3) is 6.08 Å². The third kappa shape index (κ3) is 3.64. The van der Waals surface area contributed by atoms with Crippen molar-refractivity contribution in [2.45, 2.75) is 11.8 Å². The molecule has 0 saturated heterocycles. The number of alkyl halides is 1. The van der Waals surface area contributed by atoms with Crippen molar-refractivity contribution >= 4 is 22.0 Å². The van der Waals surface area contributed by atoms with Crippen molar-refractivity contribution in [3.8, 4) is 5.75 Å². The maximum atomic E-state index is 5.06. The van der Waals surface area contributed by atoms with E-state index in [1.165, 1.54) is 5.56 Å². The van der Waals surface area contributed by atoms with Gasteiger partial charge in [0.15, 0.2) is 0 Å². The molecule has 0 radical (unpaired) electrons. The first-order valence-corrected chi connectivity index (χ1v) is 5.10. The predicted molar refractivity (Wildman–Crippen MR) is 60.4 cm³/mol. The molecule has 70 valence electrons. The standard InChI is InChI=1S/C11H13BrO/c1-9(12)3-4-10-5-7-11(13-2)8-6-10/h3-9H,1-2H3/b4-3+. The van der Waals surface area contributed by atoms with Gasteiger partial charge in [0, 0.05) is 4.83 Å². The molecule has 1 aromatic carbocycles. The Balaban J connectivity index is 2.69. The van der Waals surface area contributed by atoms with Gasteiger partial charge in [-0.2, -0.15) is 0 Å². The van der Waals surface area contributed by atoms with Gasteiger partial charge in [0.2, 0.25) is 0 Å². The minimum Gasteiger partial charge on any atom is -0.497 e. The van der Waals surface area contributed by atoms with Crippen molar-refractivity contribution in [1.82, 2.24) is 0 Å². The third-order valence-electron chi connectivity index (χ3n) is 1.67. The van der Waals surface area contributed by atoms with E-state index in [-0.39, 0.29) is 0 Å². The fourth-order valence-corrected chi connectivity index (χ4v) is 1.11. The van der Waals surface area contributed by atoms with Crippen LogP contribution >= 0.6 is 15.9 Å². The number of hydrogen-bond donors (Lipinski definition) is 0. The van der Waals surface area contributed by atoms with Crippen molar-refractivity contribution in [3.63, 3.8) is 0 Å². The molecule has 1 nitrogen and oxygen atoms in total. The Labute approximate surface area is 87.5 Å². The average Bonchev–Trinajstić information content (AvgIpc) is 2.15. The van der Waals surface area contributed by atoms with Gasteiger partial charge in [-0.15, -0.1) is 0 Å². The summed E-state index contributed by atoms with van der Waals surface area (Å²) < 4.78 is 5.06. The first-order valence-electron chi connectivity index (χ1n) is 4.18. The molecule has 0 heterocycles. The van der Waals surface area contributed by atoms with Crippen molar-refractivity contribution in [3.05, 3.63) is 35.9 Å². The number of benzene rings is 1. The minimum atomic E-state index is 0.412. The van der Waals surface area contributed by atoms with Crippen LogP contribution in [-0.4, -0.2) is 11.9 Å². The highest BCUT2D eigenvalue weighted by atomic mass is 79.9. The van der Waals surface area contributed by atoms with Crippen molar-refractivity contribution in [2.75, 3.05) is 7.11 Å². The first kappa shape index (κ1) is 10.3. The van der Waals surface area contributed by atoms with Crippen LogP contribution in [0.4, 0.5) is 0 Å². The number of rotatable bonds is 3. The van der Waals surface area contributed by atoms with E-state index in [2.05, 4.69) is 35.0 Å². The van der Waals surface area contributed by atoms with Crippen LogP contribution in [-0.2, 0) is 0 Å². The molecule has 2 heteroatoms. The molecular formula is C11H13BrO. The average molecular weight is 241 g/mol. The summed E-state index contributed by atoms with van der Waals surface area (Å²) in [5.41, 5.74) is 1.19. The van der Waals surface area contributed by atoms with Gasteiger partial charge in [-0.25, -0.2) is 0 Å². The summed E-state index contributed by atoms with van der Waals surface area (Å²) in [5, 5.41) is 0. The molecule has 0 aromatic heterocycles. The second kappa shape index (κ2) is 5.07. The number of allylic oxidation sites excluding steroid dienone is 1. The Hall–Kier alpha value is -0.760. The predicted octanol–water partition coefficient (Wildman–Crippen LogP) is 3.49. The fraction of sp³-hybridized carbons (Fsp3) is 0.273. The maximum Gasteiger partial charge on any atom is 0.118 e. The second-order valence-electron chi connectivity index (χ2n) is 2.81. The maximum absolute atomic E-state index is 5.06. The lowest BCUT2D eigenvalue weighted by Crippen LogP contribution is -1.82. The van der Waals surface area contributed by atoms with Gasteiger partial charge in [0.1, 0.15) is 5.75 Å². The molecule has 0 amide bonds. The molecule has 0 saturated carbocycles. The van der Waals surface area contributed by atoms with Crippen LogP contribution in [0.15, 0.2) is 30.3 Å². The smallest absolute Gasteiger partial charge is 0.118 e. The summed E-state index contributed by atoms with van der Waals surface area (Å²) in [5.74, 6) is 0.893. The molecular weight excluding hydrogens is 228 g/mol. The largest absolute Gasteiger partial charge is 0.497 e. The Morgan fingerprint density at radius 1 is 1.31 bits per heavy atom. The molecule has 0 aliphatic heterocycles. The zero-order chi connectivity index (χ0) is 9.68. The van der Waals surface area contributed by atoms with Crippen LogP contribution in [0, 0.1) is 0 Å². The van der Waals surface area contributed by atoms with Gasteiger partial charge in [-0.1, -0.05) is 40.2 Å². The lowest BCUT2D eigenvalue weighted by atomic mass is 10.2. The van der Waals surface area contributed by atoms with Crippen molar-refractivity contribution in [2.24, 2.45) is 0 Å². The van der Waals surface area contributed by atoms with Gasteiger partial charge in [0.05, 0.1) is 7.11 Å². The summed E-state index contributed by atoms with van der Waals surface area (Å²) in [6.45, 7) is 2.08. The number of ether oxygens (including phenoxy) is 1. The fourth-order valence-electron chi connectivity index (χ4n) is 0.959. The molecule has 0 spiro atoms. The van der Waals surface area contributed by atoms with Crippen molar-refractivity contribution in [1.29, 1.82) is 0 Å². The van der Waals surface area contributed by atoms with E-state index in [1.807, 2.05) is 24.3 Å². The van der Waals surface area contributed by atoms with E-state index in [4.69, 9.17) is 4.74 Å². The zero-order valence-corrected chi connectivity index (χ0v) is 9.41. The monoisotopic (exact) mass is 240 g/mol. The summed E-state index contributed by atoms with van der Waals surface area (Å²) in [7, 11) is 1.67.